The van der Waals surface area contributed by atoms with E-state index < -0.39 is 10.8 Å². The summed E-state index contributed by atoms with van der Waals surface area (Å²) in [6.07, 6.45) is 3.72. The second kappa shape index (κ2) is 6.39. The second-order valence-electron chi connectivity index (χ2n) is 6.01. The van der Waals surface area contributed by atoms with Gasteiger partial charge in [0.2, 0.25) is 0 Å². The summed E-state index contributed by atoms with van der Waals surface area (Å²) >= 11 is 0. The fourth-order valence-corrected chi connectivity index (χ4v) is 4.81. The van der Waals surface area contributed by atoms with Gasteiger partial charge in [-0.15, -0.1) is 10.2 Å². The largest absolute Gasteiger partial charge is 0.353 e. The first-order valence-electron chi connectivity index (χ1n) is 8.08. The maximum absolute atomic E-state index is 12.4. The Morgan fingerprint density at radius 2 is 1.87 bits per heavy atom. The third kappa shape index (κ3) is 3.02. The zero-order valence-electron chi connectivity index (χ0n) is 13.9. The van der Waals surface area contributed by atoms with Crippen molar-refractivity contribution in [3.05, 3.63) is 30.1 Å². The molecule has 3 rings (SSSR count). The molecule has 0 aromatic carbocycles. The molecule has 1 fully saturated rings. The summed E-state index contributed by atoms with van der Waals surface area (Å²) in [5.41, 5.74) is 0.949. The van der Waals surface area contributed by atoms with Crippen molar-refractivity contribution in [1.29, 1.82) is 0 Å². The van der Waals surface area contributed by atoms with Gasteiger partial charge in [0.15, 0.2) is 11.6 Å². The van der Waals surface area contributed by atoms with Crippen molar-refractivity contribution >= 4 is 16.6 Å². The highest BCUT2D eigenvalue weighted by molar-refractivity contribution is 7.86. The Balaban J connectivity index is 1.81. The molecule has 2 aromatic heterocycles. The molecule has 0 amide bonds. The molecule has 1 atom stereocenters. The van der Waals surface area contributed by atoms with Crippen molar-refractivity contribution in [2.75, 3.05) is 23.7 Å². The van der Waals surface area contributed by atoms with Crippen molar-refractivity contribution in [3.63, 3.8) is 0 Å². The van der Waals surface area contributed by atoms with Gasteiger partial charge in [0.1, 0.15) is 0 Å². The molecule has 0 saturated carbocycles. The minimum absolute atomic E-state index is 0.127. The van der Waals surface area contributed by atoms with Crippen LogP contribution in [0.25, 0.3) is 5.82 Å². The Labute approximate surface area is 139 Å². The smallest absolute Gasteiger partial charge is 0.175 e. The summed E-state index contributed by atoms with van der Waals surface area (Å²) in [7, 11) is -0.766. The molecule has 0 spiro atoms. The summed E-state index contributed by atoms with van der Waals surface area (Å²) in [5, 5.41) is 13.0. The molecule has 1 unspecified atom stereocenters. The number of anilines is 1. The average molecular weight is 333 g/mol. The first-order valence-corrected chi connectivity index (χ1v) is 9.39. The lowest BCUT2D eigenvalue weighted by Crippen LogP contribution is -2.53. The van der Waals surface area contributed by atoms with Crippen LogP contribution in [0, 0.1) is 6.92 Å². The van der Waals surface area contributed by atoms with E-state index in [-0.39, 0.29) is 4.75 Å². The zero-order chi connectivity index (χ0) is 16.4. The average Bonchev–Trinajstić information content (AvgIpc) is 3.02. The van der Waals surface area contributed by atoms with Crippen LogP contribution in [-0.2, 0) is 10.8 Å². The molecule has 0 bridgehead atoms. The summed E-state index contributed by atoms with van der Waals surface area (Å²) in [6, 6.07) is 5.84. The van der Waals surface area contributed by atoms with Gasteiger partial charge in [-0.1, -0.05) is 13.8 Å². The number of aromatic nitrogens is 4. The van der Waals surface area contributed by atoms with E-state index >= 15 is 0 Å². The summed E-state index contributed by atoms with van der Waals surface area (Å²) in [4.78, 5) is 2.21. The second-order valence-corrected chi connectivity index (χ2v) is 7.98. The molecule has 3 heterocycles. The summed E-state index contributed by atoms with van der Waals surface area (Å²) in [5.74, 6) is 2.25. The molecule has 23 heavy (non-hydrogen) atoms. The van der Waals surface area contributed by atoms with E-state index in [4.69, 9.17) is 0 Å². The van der Waals surface area contributed by atoms with Crippen LogP contribution in [0.3, 0.4) is 0 Å². The maximum atomic E-state index is 12.4. The predicted molar refractivity (Wildman–Crippen MR) is 92.4 cm³/mol. The zero-order valence-corrected chi connectivity index (χ0v) is 14.7. The third-order valence-electron chi connectivity index (χ3n) is 4.71. The Hall–Kier alpha value is -1.76. The standard InChI is InChI=1S/C16H23N5OS/c1-4-16(5-2)12-20(10-11-23(16)22)14-6-7-15(18-17-14)21-9-8-13(3)19-21/h6-9H,4-5,10-12H2,1-3H3. The quantitative estimate of drug-likeness (QED) is 0.857. The van der Waals surface area contributed by atoms with Crippen LogP contribution in [0.15, 0.2) is 24.4 Å². The van der Waals surface area contributed by atoms with E-state index in [0.29, 0.717) is 11.6 Å². The number of nitrogens with zero attached hydrogens (tertiary/aromatic N) is 5. The molecule has 7 heteroatoms. The van der Waals surface area contributed by atoms with Gasteiger partial charge in [0, 0.05) is 35.8 Å². The van der Waals surface area contributed by atoms with Crippen molar-refractivity contribution < 1.29 is 4.21 Å². The first-order chi connectivity index (χ1) is 11.1. The van der Waals surface area contributed by atoms with Gasteiger partial charge in [-0.3, -0.25) is 4.21 Å². The van der Waals surface area contributed by atoms with Crippen molar-refractivity contribution in [2.24, 2.45) is 0 Å². The van der Waals surface area contributed by atoms with Crippen molar-refractivity contribution in [1.82, 2.24) is 20.0 Å². The van der Waals surface area contributed by atoms with Gasteiger partial charge in [-0.05, 0) is 38.0 Å². The fourth-order valence-electron chi connectivity index (χ4n) is 3.05. The van der Waals surface area contributed by atoms with Gasteiger partial charge in [-0.25, -0.2) is 4.68 Å². The molecule has 0 N–H and O–H groups in total. The normalized spacial score (nSPS) is 20.7. The van der Waals surface area contributed by atoms with Gasteiger partial charge >= 0.3 is 0 Å². The van der Waals surface area contributed by atoms with Gasteiger partial charge in [0.05, 0.1) is 10.4 Å². The topological polar surface area (TPSA) is 63.9 Å². The minimum Gasteiger partial charge on any atom is -0.353 e. The minimum atomic E-state index is -0.766. The van der Waals surface area contributed by atoms with Crippen molar-refractivity contribution in [3.8, 4) is 5.82 Å². The van der Waals surface area contributed by atoms with Crippen LogP contribution >= 0.6 is 0 Å². The lowest BCUT2D eigenvalue weighted by Gasteiger charge is -2.41. The van der Waals surface area contributed by atoms with E-state index in [0.717, 1.165) is 37.4 Å². The van der Waals surface area contributed by atoms with Crippen LogP contribution in [-0.4, -0.2) is 47.8 Å². The highest BCUT2D eigenvalue weighted by atomic mass is 32.2. The highest BCUT2D eigenvalue weighted by Crippen LogP contribution is 2.30. The van der Waals surface area contributed by atoms with Crippen LogP contribution in [0.1, 0.15) is 32.4 Å². The third-order valence-corrected chi connectivity index (χ3v) is 6.94. The van der Waals surface area contributed by atoms with Crippen LogP contribution < -0.4 is 4.90 Å². The summed E-state index contributed by atoms with van der Waals surface area (Å²) < 4.78 is 14.0. The summed E-state index contributed by atoms with van der Waals surface area (Å²) in [6.45, 7) is 7.74. The van der Waals surface area contributed by atoms with E-state index in [1.165, 1.54) is 0 Å². The molecule has 2 aromatic rings. The number of hydrogen-bond acceptors (Lipinski definition) is 5. The van der Waals surface area contributed by atoms with Gasteiger partial charge in [0.25, 0.3) is 0 Å². The molecular formula is C16H23N5OS. The predicted octanol–water partition coefficient (Wildman–Crippen LogP) is 2.10. The van der Waals surface area contributed by atoms with Crippen LogP contribution in [0.2, 0.25) is 0 Å². The highest BCUT2D eigenvalue weighted by Gasteiger charge is 2.39. The molecule has 1 aliphatic rings. The van der Waals surface area contributed by atoms with E-state index in [2.05, 4.69) is 34.0 Å². The first kappa shape index (κ1) is 16.1. The van der Waals surface area contributed by atoms with Crippen molar-refractivity contribution in [2.45, 2.75) is 38.4 Å². The van der Waals surface area contributed by atoms with Gasteiger partial charge < -0.3 is 4.90 Å². The van der Waals surface area contributed by atoms with E-state index in [9.17, 15) is 4.21 Å². The number of hydrogen-bond donors (Lipinski definition) is 0. The molecule has 0 aliphatic carbocycles. The SMILES string of the molecule is CCC1(CC)CN(c2ccc(-n3ccc(C)n3)nn2)CCS1=O. The maximum Gasteiger partial charge on any atom is 0.175 e. The number of aryl methyl sites for hydroxylation is 1. The molecule has 124 valence electrons. The Kier molecular flexibility index (Phi) is 4.48. The molecule has 1 aliphatic heterocycles. The fraction of sp³-hybridized carbons (Fsp3) is 0.562. The number of rotatable bonds is 4. The van der Waals surface area contributed by atoms with Gasteiger partial charge in [-0.2, -0.15) is 5.10 Å². The lowest BCUT2D eigenvalue weighted by molar-refractivity contribution is 0.493. The monoisotopic (exact) mass is 333 g/mol. The Morgan fingerprint density at radius 3 is 2.43 bits per heavy atom. The Bertz CT molecular complexity index is 693. The van der Waals surface area contributed by atoms with E-state index in [1.807, 2.05) is 31.3 Å². The Morgan fingerprint density at radius 1 is 1.17 bits per heavy atom. The molecule has 1 saturated heterocycles. The van der Waals surface area contributed by atoms with Crippen LogP contribution in [0.5, 0.6) is 0 Å². The molecular weight excluding hydrogens is 310 g/mol. The van der Waals surface area contributed by atoms with E-state index in [1.54, 1.807) is 4.68 Å². The lowest BCUT2D eigenvalue weighted by atomic mass is 10.0. The molecule has 6 nitrogen and oxygen atoms in total. The van der Waals surface area contributed by atoms with Crippen LogP contribution in [0.4, 0.5) is 5.82 Å². The molecule has 0 radical (unpaired) electrons.